The number of aliphatic carboxylic acids is 1. The summed E-state index contributed by atoms with van der Waals surface area (Å²) in [7, 11) is 0. The van der Waals surface area contributed by atoms with Gasteiger partial charge in [-0.15, -0.1) is 0 Å². The summed E-state index contributed by atoms with van der Waals surface area (Å²) in [5.74, 6) is -4.09. The molecule has 0 bridgehead atoms. The van der Waals surface area contributed by atoms with Crippen LogP contribution < -0.4 is 5.32 Å². The Morgan fingerprint density at radius 2 is 1.62 bits per heavy atom. The Morgan fingerprint density at radius 3 is 2.21 bits per heavy atom. The van der Waals surface area contributed by atoms with E-state index in [9.17, 15) is 27.9 Å². The van der Waals surface area contributed by atoms with Crippen LogP contribution in [0.5, 0.6) is 0 Å². The van der Waals surface area contributed by atoms with Crippen LogP contribution in [0.15, 0.2) is 42.5 Å². The quantitative estimate of drug-likeness (QED) is 0.851. The van der Waals surface area contributed by atoms with Gasteiger partial charge in [-0.3, -0.25) is 4.79 Å². The average Bonchev–Trinajstić information content (AvgIpc) is 2.51. The zero-order valence-corrected chi connectivity index (χ0v) is 12.4. The van der Waals surface area contributed by atoms with Gasteiger partial charge in [0.2, 0.25) is 5.91 Å². The van der Waals surface area contributed by atoms with Gasteiger partial charge in [0, 0.05) is 12.5 Å². The maximum Gasteiger partial charge on any atom is 0.326 e. The number of hydrogen-bond donors (Lipinski definition) is 2. The number of carboxylic acid groups (broad SMARTS) is 1. The van der Waals surface area contributed by atoms with Crippen molar-refractivity contribution < 1.29 is 27.9 Å². The van der Waals surface area contributed by atoms with E-state index >= 15 is 0 Å². The molecule has 0 aliphatic heterocycles. The zero-order valence-electron chi connectivity index (χ0n) is 12.4. The first-order chi connectivity index (χ1) is 11.3. The molecule has 2 aromatic carbocycles. The highest BCUT2D eigenvalue weighted by molar-refractivity contribution is 5.85. The second-order valence-corrected chi connectivity index (χ2v) is 5.20. The average molecular weight is 337 g/mol. The lowest BCUT2D eigenvalue weighted by atomic mass is 10.1. The molecule has 0 saturated heterocycles. The van der Waals surface area contributed by atoms with E-state index in [1.54, 1.807) is 0 Å². The molecule has 4 nitrogen and oxygen atoms in total. The first-order valence-electron chi connectivity index (χ1n) is 7.05. The van der Waals surface area contributed by atoms with Gasteiger partial charge in [0.15, 0.2) is 0 Å². The molecular formula is C17H14F3NO3. The van der Waals surface area contributed by atoms with Crippen molar-refractivity contribution in [3.05, 3.63) is 71.0 Å². The molecule has 1 amide bonds. The van der Waals surface area contributed by atoms with Gasteiger partial charge in [0.05, 0.1) is 6.42 Å². The van der Waals surface area contributed by atoms with Crippen molar-refractivity contribution in [3.8, 4) is 0 Å². The van der Waals surface area contributed by atoms with E-state index in [2.05, 4.69) is 5.32 Å². The summed E-state index contributed by atoms with van der Waals surface area (Å²) in [6.07, 6.45) is -0.466. The first kappa shape index (κ1) is 17.5. The summed E-state index contributed by atoms with van der Waals surface area (Å²) in [5, 5.41) is 11.5. The molecule has 24 heavy (non-hydrogen) atoms. The summed E-state index contributed by atoms with van der Waals surface area (Å²) >= 11 is 0. The highest BCUT2D eigenvalue weighted by Crippen LogP contribution is 2.11. The van der Waals surface area contributed by atoms with Crippen molar-refractivity contribution in [3.63, 3.8) is 0 Å². The van der Waals surface area contributed by atoms with Gasteiger partial charge >= 0.3 is 5.97 Å². The molecule has 0 unspecified atom stereocenters. The Hall–Kier alpha value is -2.83. The van der Waals surface area contributed by atoms with Gasteiger partial charge in [-0.2, -0.15) is 0 Å². The number of nitrogens with one attached hydrogen (secondary N) is 1. The molecule has 0 radical (unpaired) electrons. The molecule has 0 aliphatic rings. The van der Waals surface area contributed by atoms with Gasteiger partial charge in [-0.1, -0.05) is 18.2 Å². The minimum absolute atomic E-state index is 0.0418. The molecule has 0 fully saturated rings. The predicted molar refractivity (Wildman–Crippen MR) is 79.7 cm³/mol. The van der Waals surface area contributed by atoms with Crippen LogP contribution in [0.4, 0.5) is 13.2 Å². The summed E-state index contributed by atoms with van der Waals surface area (Å²) in [6, 6.07) is 6.74. The third-order valence-electron chi connectivity index (χ3n) is 3.35. The minimum Gasteiger partial charge on any atom is -0.480 e. The van der Waals surface area contributed by atoms with Crippen molar-refractivity contribution in [2.75, 3.05) is 0 Å². The highest BCUT2D eigenvalue weighted by Gasteiger charge is 2.21. The molecule has 0 aliphatic carbocycles. The third kappa shape index (κ3) is 4.84. The molecule has 2 rings (SSSR count). The molecule has 0 saturated carbocycles. The number of rotatable bonds is 6. The molecule has 7 heteroatoms. The largest absolute Gasteiger partial charge is 0.480 e. The van der Waals surface area contributed by atoms with E-state index in [0.29, 0.717) is 11.6 Å². The fourth-order valence-corrected chi connectivity index (χ4v) is 2.14. The van der Waals surface area contributed by atoms with Crippen molar-refractivity contribution >= 4 is 11.9 Å². The summed E-state index contributed by atoms with van der Waals surface area (Å²) in [5.41, 5.74) is 0.483. The Labute approximate surface area is 135 Å². The van der Waals surface area contributed by atoms with Crippen LogP contribution in [0.25, 0.3) is 0 Å². The van der Waals surface area contributed by atoms with E-state index < -0.39 is 41.8 Å². The summed E-state index contributed by atoms with van der Waals surface area (Å²) < 4.78 is 39.2. The zero-order chi connectivity index (χ0) is 17.7. The Morgan fingerprint density at radius 1 is 1.00 bits per heavy atom. The number of carboxylic acids is 1. The SMILES string of the molecule is O=C(Cc1ccc(F)cc1F)N[C@@H](Cc1ccc(F)cc1)C(=O)O. The monoisotopic (exact) mass is 337 g/mol. The molecule has 0 heterocycles. The molecule has 0 aromatic heterocycles. The van der Waals surface area contributed by atoms with Gasteiger partial charge in [0.1, 0.15) is 23.5 Å². The van der Waals surface area contributed by atoms with Crippen molar-refractivity contribution in [2.24, 2.45) is 0 Å². The maximum atomic E-state index is 13.5. The van der Waals surface area contributed by atoms with Gasteiger partial charge in [0.25, 0.3) is 0 Å². The third-order valence-corrected chi connectivity index (χ3v) is 3.35. The molecule has 1 atom stereocenters. The second kappa shape index (κ2) is 7.63. The summed E-state index contributed by atoms with van der Waals surface area (Å²) in [4.78, 5) is 23.2. The Kier molecular flexibility index (Phi) is 5.57. The van der Waals surface area contributed by atoms with Crippen LogP contribution in [-0.4, -0.2) is 23.0 Å². The van der Waals surface area contributed by atoms with Gasteiger partial charge < -0.3 is 10.4 Å². The molecule has 126 valence electrons. The highest BCUT2D eigenvalue weighted by atomic mass is 19.1. The molecule has 2 aromatic rings. The number of carbonyl (C=O) groups is 2. The van der Waals surface area contributed by atoms with Crippen LogP contribution in [0, 0.1) is 17.5 Å². The standard InChI is InChI=1S/C17H14F3NO3/c18-12-4-1-10(2-5-12)7-15(17(23)24)21-16(22)8-11-3-6-13(19)9-14(11)20/h1-6,9,15H,7-8H2,(H,21,22)(H,23,24)/t15-/m0/s1. The minimum atomic E-state index is -1.27. The fourth-order valence-electron chi connectivity index (χ4n) is 2.14. The van der Waals surface area contributed by atoms with Gasteiger partial charge in [-0.25, -0.2) is 18.0 Å². The van der Waals surface area contributed by atoms with Crippen LogP contribution >= 0.6 is 0 Å². The van der Waals surface area contributed by atoms with Crippen LogP contribution in [0.2, 0.25) is 0 Å². The molecule has 0 spiro atoms. The topological polar surface area (TPSA) is 66.4 Å². The van der Waals surface area contributed by atoms with Crippen molar-refractivity contribution in [1.29, 1.82) is 0 Å². The number of carbonyl (C=O) groups excluding carboxylic acids is 1. The number of hydrogen-bond acceptors (Lipinski definition) is 2. The van der Waals surface area contributed by atoms with Crippen molar-refractivity contribution in [2.45, 2.75) is 18.9 Å². The maximum absolute atomic E-state index is 13.5. The summed E-state index contributed by atoms with van der Waals surface area (Å²) in [6.45, 7) is 0. The Balaban J connectivity index is 2.02. The first-order valence-corrected chi connectivity index (χ1v) is 7.05. The van der Waals surface area contributed by atoms with E-state index in [1.165, 1.54) is 24.3 Å². The predicted octanol–water partition coefficient (Wildman–Crippen LogP) is 2.46. The number of halogens is 3. The van der Waals surface area contributed by atoms with E-state index in [-0.39, 0.29) is 12.0 Å². The molecular weight excluding hydrogens is 323 g/mol. The van der Waals surface area contributed by atoms with Crippen LogP contribution in [0.3, 0.4) is 0 Å². The van der Waals surface area contributed by atoms with E-state index in [0.717, 1.165) is 12.1 Å². The second-order valence-electron chi connectivity index (χ2n) is 5.20. The normalized spacial score (nSPS) is 11.8. The number of benzene rings is 2. The lowest BCUT2D eigenvalue weighted by molar-refractivity contribution is -0.141. The van der Waals surface area contributed by atoms with Crippen molar-refractivity contribution in [1.82, 2.24) is 5.32 Å². The van der Waals surface area contributed by atoms with E-state index in [4.69, 9.17) is 0 Å². The van der Waals surface area contributed by atoms with E-state index in [1.807, 2.05) is 0 Å². The smallest absolute Gasteiger partial charge is 0.326 e. The molecule has 2 N–H and O–H groups in total. The Bertz CT molecular complexity index is 747. The lowest BCUT2D eigenvalue weighted by Crippen LogP contribution is -2.43. The van der Waals surface area contributed by atoms with Crippen LogP contribution in [-0.2, 0) is 22.4 Å². The fraction of sp³-hybridized carbons (Fsp3) is 0.176. The number of amides is 1. The van der Waals surface area contributed by atoms with Crippen LogP contribution in [0.1, 0.15) is 11.1 Å². The lowest BCUT2D eigenvalue weighted by Gasteiger charge is -2.15. The van der Waals surface area contributed by atoms with Gasteiger partial charge in [-0.05, 0) is 29.3 Å².